The van der Waals surface area contributed by atoms with Crippen molar-refractivity contribution in [2.75, 3.05) is 13.2 Å². The standard InChI is InChI=1S/C12H21O10/c13-1-5-8(17)11(4(15)3-20-5)22-12-10(19)9(18)7(16)6(2-14)21-12/h3-19H,1-2H2/t4-,5+,6+,7+,8-,9-,10+,11+,12-/m0/s1. The first-order valence-corrected chi connectivity index (χ1v) is 6.82. The van der Waals surface area contributed by atoms with E-state index in [-0.39, 0.29) is 0 Å². The third-order valence-electron chi connectivity index (χ3n) is 3.77. The van der Waals surface area contributed by atoms with Crippen LogP contribution in [0.25, 0.3) is 0 Å². The second-order valence-electron chi connectivity index (χ2n) is 5.27. The molecule has 0 aromatic rings. The van der Waals surface area contributed by atoms with E-state index in [2.05, 4.69) is 0 Å². The fraction of sp³-hybridized carbons (Fsp3) is 0.917. The van der Waals surface area contributed by atoms with Crippen LogP contribution in [0.2, 0.25) is 0 Å². The Morgan fingerprint density at radius 3 is 2.05 bits per heavy atom. The molecule has 0 amide bonds. The molecule has 2 aliphatic rings. The van der Waals surface area contributed by atoms with Crippen LogP contribution in [0, 0.1) is 6.61 Å². The van der Waals surface area contributed by atoms with E-state index in [1.165, 1.54) is 0 Å². The smallest absolute Gasteiger partial charge is 0.187 e. The van der Waals surface area contributed by atoms with Gasteiger partial charge in [0, 0.05) is 0 Å². The molecule has 10 heteroatoms. The summed E-state index contributed by atoms with van der Waals surface area (Å²) in [5, 5.41) is 67.0. The van der Waals surface area contributed by atoms with Crippen molar-refractivity contribution < 1.29 is 50.0 Å². The molecule has 0 aromatic heterocycles. The Labute approximate surface area is 126 Å². The molecule has 0 aromatic carbocycles. The number of rotatable bonds is 4. The molecular weight excluding hydrogens is 304 g/mol. The zero-order chi connectivity index (χ0) is 16.4. The molecule has 0 aliphatic carbocycles. The van der Waals surface area contributed by atoms with Gasteiger partial charge in [0.1, 0.15) is 55.4 Å². The van der Waals surface area contributed by atoms with E-state index in [9.17, 15) is 25.5 Å². The highest BCUT2D eigenvalue weighted by Gasteiger charge is 2.48. The first-order valence-electron chi connectivity index (χ1n) is 6.82. The Bertz CT molecular complexity index is 353. The van der Waals surface area contributed by atoms with Crippen LogP contribution in [-0.2, 0) is 14.2 Å². The molecule has 0 spiro atoms. The number of hydrogen-bond acceptors (Lipinski definition) is 10. The van der Waals surface area contributed by atoms with Crippen molar-refractivity contribution in [1.82, 2.24) is 0 Å². The molecule has 0 saturated carbocycles. The van der Waals surface area contributed by atoms with Gasteiger partial charge in [-0.1, -0.05) is 0 Å². The normalized spacial score (nSPS) is 50.0. The monoisotopic (exact) mass is 325 g/mol. The zero-order valence-corrected chi connectivity index (χ0v) is 11.5. The van der Waals surface area contributed by atoms with E-state index in [4.69, 9.17) is 24.4 Å². The van der Waals surface area contributed by atoms with Crippen molar-refractivity contribution in [3.05, 3.63) is 6.61 Å². The summed E-state index contributed by atoms with van der Waals surface area (Å²) in [7, 11) is 0. The second kappa shape index (κ2) is 7.45. The van der Waals surface area contributed by atoms with Gasteiger partial charge in [-0.25, -0.2) is 0 Å². The Balaban J connectivity index is 2.07. The average molecular weight is 325 g/mol. The van der Waals surface area contributed by atoms with E-state index in [0.29, 0.717) is 0 Å². The minimum atomic E-state index is -1.66. The molecule has 0 bridgehead atoms. The van der Waals surface area contributed by atoms with Gasteiger partial charge in [0.25, 0.3) is 0 Å². The predicted molar refractivity (Wildman–Crippen MR) is 66.9 cm³/mol. The van der Waals surface area contributed by atoms with Gasteiger partial charge in [0.2, 0.25) is 0 Å². The number of hydrogen-bond donors (Lipinski definition) is 7. The van der Waals surface area contributed by atoms with Crippen molar-refractivity contribution in [2.24, 2.45) is 0 Å². The predicted octanol–water partition coefficient (Wildman–Crippen LogP) is -4.55. The van der Waals surface area contributed by atoms with Crippen LogP contribution in [0.5, 0.6) is 0 Å². The molecule has 2 rings (SSSR count). The Morgan fingerprint density at radius 1 is 0.818 bits per heavy atom. The first kappa shape index (κ1) is 17.9. The molecular formula is C12H21O10. The Kier molecular flexibility index (Phi) is 6.07. The minimum absolute atomic E-state index is 0.529. The lowest BCUT2D eigenvalue weighted by Crippen LogP contribution is -2.62. The highest BCUT2D eigenvalue weighted by atomic mass is 16.7. The van der Waals surface area contributed by atoms with Crippen LogP contribution in [0.1, 0.15) is 0 Å². The molecule has 2 aliphatic heterocycles. The highest BCUT2D eigenvalue weighted by molar-refractivity contribution is 4.95. The van der Waals surface area contributed by atoms with Crippen LogP contribution in [0.15, 0.2) is 0 Å². The van der Waals surface area contributed by atoms with E-state index >= 15 is 0 Å². The topological polar surface area (TPSA) is 169 Å². The maximum atomic E-state index is 9.97. The molecule has 1 radical (unpaired) electrons. The Hall–Kier alpha value is -0.400. The largest absolute Gasteiger partial charge is 0.394 e. The quantitative estimate of drug-likeness (QED) is 0.267. The lowest BCUT2D eigenvalue weighted by Gasteiger charge is -2.43. The summed E-state index contributed by atoms with van der Waals surface area (Å²) in [5.41, 5.74) is 0. The first-order chi connectivity index (χ1) is 10.4. The van der Waals surface area contributed by atoms with Crippen molar-refractivity contribution in [1.29, 1.82) is 0 Å². The van der Waals surface area contributed by atoms with Crippen molar-refractivity contribution >= 4 is 0 Å². The second-order valence-corrected chi connectivity index (χ2v) is 5.27. The van der Waals surface area contributed by atoms with Gasteiger partial charge >= 0.3 is 0 Å². The van der Waals surface area contributed by atoms with E-state index in [1.54, 1.807) is 0 Å². The van der Waals surface area contributed by atoms with Crippen molar-refractivity contribution in [3.8, 4) is 0 Å². The van der Waals surface area contributed by atoms with Crippen LogP contribution >= 0.6 is 0 Å². The summed E-state index contributed by atoms with van der Waals surface area (Å²) in [5.74, 6) is 0. The molecule has 0 unspecified atom stereocenters. The lowest BCUT2D eigenvalue weighted by atomic mass is 9.97. The van der Waals surface area contributed by atoms with Gasteiger partial charge < -0.3 is 50.0 Å². The van der Waals surface area contributed by atoms with Gasteiger partial charge in [0.15, 0.2) is 6.29 Å². The van der Waals surface area contributed by atoms with Crippen LogP contribution in [0.3, 0.4) is 0 Å². The van der Waals surface area contributed by atoms with Gasteiger partial charge in [-0.2, -0.15) is 0 Å². The molecule has 9 atom stereocenters. The number of ether oxygens (including phenoxy) is 3. The van der Waals surface area contributed by atoms with Crippen molar-refractivity contribution in [2.45, 2.75) is 55.1 Å². The molecule has 2 fully saturated rings. The zero-order valence-electron chi connectivity index (χ0n) is 11.5. The molecule has 10 nitrogen and oxygen atoms in total. The Morgan fingerprint density at radius 2 is 1.45 bits per heavy atom. The fourth-order valence-corrected chi connectivity index (χ4v) is 2.40. The molecule has 2 heterocycles. The number of aliphatic hydroxyl groups is 7. The van der Waals surface area contributed by atoms with E-state index < -0.39 is 68.3 Å². The van der Waals surface area contributed by atoms with E-state index in [0.717, 1.165) is 6.61 Å². The third-order valence-corrected chi connectivity index (χ3v) is 3.77. The lowest BCUT2D eigenvalue weighted by molar-refractivity contribution is -0.332. The SMILES string of the molecule is OC[C@H]1O[CH][C@H](O)[C@@H](O[C@@H]2O[C@H](CO)[C@@H](O)[C@H](O)[C@H]2O)[C@H]1O. The van der Waals surface area contributed by atoms with Crippen LogP contribution in [0.4, 0.5) is 0 Å². The van der Waals surface area contributed by atoms with Gasteiger partial charge in [-0.05, 0) is 0 Å². The summed E-state index contributed by atoms with van der Waals surface area (Å²) in [6.07, 6.45) is -12.6. The molecule has 7 N–H and O–H groups in total. The fourth-order valence-electron chi connectivity index (χ4n) is 2.40. The summed E-state index contributed by atoms with van der Waals surface area (Å²) < 4.78 is 15.3. The van der Waals surface area contributed by atoms with E-state index in [1.807, 2.05) is 0 Å². The summed E-state index contributed by atoms with van der Waals surface area (Å²) in [4.78, 5) is 0. The highest BCUT2D eigenvalue weighted by Crippen LogP contribution is 2.27. The molecule has 2 saturated heterocycles. The average Bonchev–Trinajstić information content (AvgIpc) is 2.51. The third kappa shape index (κ3) is 3.41. The molecule has 22 heavy (non-hydrogen) atoms. The van der Waals surface area contributed by atoms with Gasteiger partial charge in [-0.3, -0.25) is 0 Å². The maximum absolute atomic E-state index is 9.97. The molecule has 129 valence electrons. The van der Waals surface area contributed by atoms with Crippen LogP contribution in [-0.4, -0.2) is 104 Å². The van der Waals surface area contributed by atoms with Crippen molar-refractivity contribution in [3.63, 3.8) is 0 Å². The maximum Gasteiger partial charge on any atom is 0.187 e. The summed E-state index contributed by atoms with van der Waals surface area (Å²) in [6, 6.07) is 0. The summed E-state index contributed by atoms with van der Waals surface area (Å²) in [6.45, 7) is -0.198. The minimum Gasteiger partial charge on any atom is -0.394 e. The number of aliphatic hydroxyl groups excluding tert-OH is 7. The van der Waals surface area contributed by atoms with Crippen LogP contribution < -0.4 is 0 Å². The van der Waals surface area contributed by atoms with Gasteiger partial charge in [-0.15, -0.1) is 0 Å². The summed E-state index contributed by atoms with van der Waals surface area (Å²) >= 11 is 0. The van der Waals surface area contributed by atoms with Gasteiger partial charge in [0.05, 0.1) is 13.2 Å².